The van der Waals surface area contributed by atoms with Gasteiger partial charge in [0.25, 0.3) is 0 Å². The van der Waals surface area contributed by atoms with Crippen LogP contribution in [-0.2, 0) is 6.54 Å². The van der Waals surface area contributed by atoms with E-state index in [0.29, 0.717) is 18.8 Å². The van der Waals surface area contributed by atoms with E-state index in [2.05, 4.69) is 17.2 Å². The van der Waals surface area contributed by atoms with Crippen molar-refractivity contribution in [2.75, 3.05) is 13.7 Å². The van der Waals surface area contributed by atoms with Crippen molar-refractivity contribution in [3.05, 3.63) is 53.0 Å². The van der Waals surface area contributed by atoms with E-state index >= 15 is 0 Å². The molecule has 2 N–H and O–H groups in total. The molecule has 0 spiro atoms. The van der Waals surface area contributed by atoms with E-state index in [1.165, 1.54) is 0 Å². The van der Waals surface area contributed by atoms with Gasteiger partial charge >= 0.3 is 11.3 Å². The summed E-state index contributed by atoms with van der Waals surface area (Å²) < 4.78 is 11.5. The van der Waals surface area contributed by atoms with Crippen molar-refractivity contribution in [2.24, 2.45) is 0 Å². The van der Waals surface area contributed by atoms with Gasteiger partial charge in [0.15, 0.2) is 0 Å². The Balaban J connectivity index is 2.28. The largest absolute Gasteiger partial charge is 0.497 e. The molecule has 0 atom stereocenters. The first-order valence-electron chi connectivity index (χ1n) is 5.84. The zero-order valence-electron chi connectivity index (χ0n) is 10.7. The molecule has 0 aliphatic heterocycles. The Bertz CT molecular complexity index is 598. The number of rotatable bonds is 6. The minimum Gasteiger partial charge on any atom is -0.497 e. The third kappa shape index (κ3) is 2.92. The highest BCUT2D eigenvalue weighted by Gasteiger charge is 2.22. The standard InChI is InChI=1S/C13H15N3O3/c1-3-8-14-9-12-13(17)19-15-16(12)10-4-6-11(18-2)7-5-10/h3-7,14H,1,8-9H2,2H3/p+1. The maximum absolute atomic E-state index is 11.6. The van der Waals surface area contributed by atoms with Crippen LogP contribution in [0.3, 0.4) is 0 Å². The van der Waals surface area contributed by atoms with Gasteiger partial charge in [-0.15, -0.1) is 6.58 Å². The van der Waals surface area contributed by atoms with Gasteiger partial charge in [0.2, 0.25) is 5.69 Å². The zero-order chi connectivity index (χ0) is 13.7. The molecular formula is C13H16N3O3+. The van der Waals surface area contributed by atoms with Crippen LogP contribution in [0.5, 0.6) is 5.75 Å². The highest BCUT2D eigenvalue weighted by atomic mass is 16.5. The smallest absolute Gasteiger partial charge is 0.431 e. The molecule has 0 aliphatic carbocycles. The van der Waals surface area contributed by atoms with Gasteiger partial charge in [0.05, 0.1) is 13.7 Å². The van der Waals surface area contributed by atoms with Gasteiger partial charge in [-0.2, -0.15) is 0 Å². The van der Waals surface area contributed by atoms with Crippen LogP contribution in [0.2, 0.25) is 0 Å². The summed E-state index contributed by atoms with van der Waals surface area (Å²) in [4.78, 5) is 11.6. The number of methoxy groups -OCH3 is 1. The predicted octanol–water partition coefficient (Wildman–Crippen LogP) is 0.529. The third-order valence-electron chi connectivity index (χ3n) is 2.65. The van der Waals surface area contributed by atoms with Crippen LogP contribution in [0.1, 0.15) is 5.69 Å². The number of benzene rings is 1. The molecule has 0 fully saturated rings. The van der Waals surface area contributed by atoms with Crippen LogP contribution in [0.4, 0.5) is 0 Å². The lowest BCUT2D eigenvalue weighted by Crippen LogP contribution is -2.40. The second-order valence-corrected chi connectivity index (χ2v) is 3.88. The Hall–Kier alpha value is -2.34. The van der Waals surface area contributed by atoms with Gasteiger partial charge in [-0.05, 0) is 22.1 Å². The highest BCUT2D eigenvalue weighted by Crippen LogP contribution is 2.10. The molecule has 0 unspecified atom stereocenters. The topological polar surface area (TPSA) is 71.1 Å². The van der Waals surface area contributed by atoms with Gasteiger partial charge in [-0.3, -0.25) is 4.52 Å². The SMILES string of the molecule is C=CCNCc1c(=O)o[nH][n+]1-c1ccc(OC)cc1. The Morgan fingerprint density at radius 3 is 2.84 bits per heavy atom. The fraction of sp³-hybridized carbons (Fsp3) is 0.231. The van der Waals surface area contributed by atoms with Crippen LogP contribution in [0.25, 0.3) is 5.69 Å². The molecule has 0 saturated heterocycles. The summed E-state index contributed by atoms with van der Waals surface area (Å²) in [6.07, 6.45) is 1.73. The Kier molecular flexibility index (Phi) is 4.15. The zero-order valence-corrected chi connectivity index (χ0v) is 10.7. The molecule has 0 bridgehead atoms. The molecule has 100 valence electrons. The number of hydrogen-bond acceptors (Lipinski definition) is 4. The molecule has 19 heavy (non-hydrogen) atoms. The van der Waals surface area contributed by atoms with E-state index < -0.39 is 5.63 Å². The summed E-state index contributed by atoms with van der Waals surface area (Å²) in [6, 6.07) is 7.30. The Morgan fingerprint density at radius 2 is 2.21 bits per heavy atom. The van der Waals surface area contributed by atoms with Gasteiger partial charge in [0, 0.05) is 18.7 Å². The van der Waals surface area contributed by atoms with E-state index in [4.69, 9.17) is 9.26 Å². The van der Waals surface area contributed by atoms with E-state index in [9.17, 15) is 4.79 Å². The fourth-order valence-corrected chi connectivity index (χ4v) is 1.68. The fourth-order valence-electron chi connectivity index (χ4n) is 1.68. The van der Waals surface area contributed by atoms with Crippen LogP contribution in [0, 0.1) is 0 Å². The van der Waals surface area contributed by atoms with Gasteiger partial charge in [-0.25, -0.2) is 4.79 Å². The van der Waals surface area contributed by atoms with Gasteiger partial charge in [-0.1, -0.05) is 6.08 Å². The summed E-state index contributed by atoms with van der Waals surface area (Å²) in [5.41, 5.74) is 0.890. The predicted molar refractivity (Wildman–Crippen MR) is 69.3 cm³/mol. The first-order valence-corrected chi connectivity index (χ1v) is 5.84. The van der Waals surface area contributed by atoms with Gasteiger partial charge in [0.1, 0.15) is 5.75 Å². The molecule has 0 saturated carbocycles. The van der Waals surface area contributed by atoms with Crippen LogP contribution in [0.15, 0.2) is 46.2 Å². The number of ether oxygens (including phenoxy) is 1. The number of hydrogen-bond donors (Lipinski definition) is 2. The molecule has 1 aromatic heterocycles. The van der Waals surface area contributed by atoms with Crippen molar-refractivity contribution in [1.29, 1.82) is 0 Å². The average Bonchev–Trinajstić information content (AvgIpc) is 2.81. The average molecular weight is 262 g/mol. The lowest BCUT2D eigenvalue weighted by Gasteiger charge is -1.98. The van der Waals surface area contributed by atoms with Crippen molar-refractivity contribution in [2.45, 2.75) is 6.54 Å². The molecule has 0 amide bonds. The first-order chi connectivity index (χ1) is 9.26. The third-order valence-corrected chi connectivity index (χ3v) is 2.65. The minimum atomic E-state index is -0.396. The summed E-state index contributed by atoms with van der Waals surface area (Å²) in [5.74, 6) is 0.751. The van der Waals surface area contributed by atoms with E-state index in [1.54, 1.807) is 17.9 Å². The Morgan fingerprint density at radius 1 is 1.47 bits per heavy atom. The van der Waals surface area contributed by atoms with Crippen molar-refractivity contribution in [3.8, 4) is 11.4 Å². The van der Waals surface area contributed by atoms with E-state index in [0.717, 1.165) is 11.4 Å². The lowest BCUT2D eigenvalue weighted by atomic mass is 10.3. The van der Waals surface area contributed by atoms with Crippen LogP contribution >= 0.6 is 0 Å². The normalized spacial score (nSPS) is 10.4. The van der Waals surface area contributed by atoms with Crippen molar-refractivity contribution < 1.29 is 13.9 Å². The maximum atomic E-state index is 11.6. The lowest BCUT2D eigenvalue weighted by molar-refractivity contribution is -0.677. The van der Waals surface area contributed by atoms with Crippen LogP contribution in [-0.4, -0.2) is 18.9 Å². The molecule has 2 rings (SSSR count). The number of aromatic amines is 1. The minimum absolute atomic E-state index is 0.393. The van der Waals surface area contributed by atoms with Crippen LogP contribution < -0.4 is 20.4 Å². The number of H-pyrrole nitrogens is 1. The summed E-state index contributed by atoms with van der Waals surface area (Å²) >= 11 is 0. The second kappa shape index (κ2) is 6.01. The molecule has 6 heteroatoms. The molecule has 6 nitrogen and oxygen atoms in total. The molecule has 1 aromatic carbocycles. The molecule has 1 heterocycles. The quantitative estimate of drug-likeness (QED) is 0.452. The second-order valence-electron chi connectivity index (χ2n) is 3.88. The van der Waals surface area contributed by atoms with Crippen molar-refractivity contribution >= 4 is 0 Å². The first kappa shape index (κ1) is 13.1. The number of nitrogens with zero attached hydrogens (tertiary/aromatic N) is 1. The number of aromatic nitrogens is 2. The highest BCUT2D eigenvalue weighted by molar-refractivity contribution is 5.31. The molecule has 0 aliphatic rings. The summed E-state index contributed by atoms with van der Waals surface area (Å²) in [7, 11) is 1.60. The van der Waals surface area contributed by atoms with Gasteiger partial charge < -0.3 is 10.1 Å². The Labute approximate surface area is 110 Å². The summed E-state index contributed by atoms with van der Waals surface area (Å²) in [5, 5.41) is 5.64. The summed E-state index contributed by atoms with van der Waals surface area (Å²) in [6.45, 7) is 4.62. The maximum Gasteiger partial charge on any atom is 0.431 e. The van der Waals surface area contributed by atoms with Crippen molar-refractivity contribution in [1.82, 2.24) is 10.6 Å². The monoisotopic (exact) mass is 262 g/mol. The molecule has 0 radical (unpaired) electrons. The molecule has 2 aromatic rings. The van der Waals surface area contributed by atoms with E-state index in [1.807, 2.05) is 24.3 Å². The molecular weight excluding hydrogens is 246 g/mol. The van der Waals surface area contributed by atoms with E-state index in [-0.39, 0.29) is 0 Å². The van der Waals surface area contributed by atoms with Crippen molar-refractivity contribution in [3.63, 3.8) is 0 Å². The number of nitrogens with one attached hydrogen (secondary N) is 2.